The Kier molecular flexibility index (Phi) is 16.0. The predicted octanol–water partition coefficient (Wildman–Crippen LogP) is 3.83. The molecule has 0 aliphatic carbocycles. The molecule has 4 rings (SSSR count). The summed E-state index contributed by atoms with van der Waals surface area (Å²) in [4.78, 5) is 36.0. The minimum Gasteiger partial charge on any atom is -0.475 e. The van der Waals surface area contributed by atoms with E-state index in [-0.39, 0.29) is 12.2 Å². The van der Waals surface area contributed by atoms with Gasteiger partial charge in [0.05, 0.1) is 12.7 Å². The van der Waals surface area contributed by atoms with E-state index in [9.17, 15) is 39.5 Å². The fraction of sp³-hybridized carbons (Fsp3) is 0.680. The molecule has 20 heteroatoms. The van der Waals surface area contributed by atoms with Gasteiger partial charge in [0.15, 0.2) is 0 Å². The summed E-state index contributed by atoms with van der Waals surface area (Å²) in [6, 6.07) is 4.60. The van der Waals surface area contributed by atoms with E-state index in [2.05, 4.69) is 14.8 Å². The van der Waals surface area contributed by atoms with Crippen LogP contribution in [0.5, 0.6) is 0 Å². The van der Waals surface area contributed by atoms with Gasteiger partial charge in [-0.2, -0.15) is 39.5 Å². The quantitative estimate of drug-likeness (QED) is 0.379. The molecule has 0 amide bonds. The Morgan fingerprint density at radius 1 is 0.822 bits per heavy atom. The third-order valence-electron chi connectivity index (χ3n) is 6.43. The molecule has 258 valence electrons. The highest BCUT2D eigenvalue weighted by atomic mass is 19.4. The van der Waals surface area contributed by atoms with Crippen LogP contribution in [-0.2, 0) is 30.5 Å². The monoisotopic (exact) mass is 673 g/mol. The van der Waals surface area contributed by atoms with E-state index >= 15 is 0 Å². The van der Waals surface area contributed by atoms with Crippen LogP contribution in [0.3, 0.4) is 0 Å². The maximum Gasteiger partial charge on any atom is 0.490 e. The van der Waals surface area contributed by atoms with Gasteiger partial charge in [-0.25, -0.2) is 14.4 Å². The van der Waals surface area contributed by atoms with Gasteiger partial charge in [0.25, 0.3) is 0 Å². The molecule has 4 heterocycles. The molecule has 1 aromatic rings. The first-order valence-corrected chi connectivity index (χ1v) is 13.2. The first-order valence-electron chi connectivity index (χ1n) is 13.2. The molecule has 3 fully saturated rings. The van der Waals surface area contributed by atoms with Gasteiger partial charge >= 0.3 is 36.4 Å². The number of carboxylic acid groups (broad SMARTS) is 3. The number of ether oxygens (including phenoxy) is 2. The lowest BCUT2D eigenvalue weighted by Crippen LogP contribution is -2.43. The van der Waals surface area contributed by atoms with E-state index in [1.54, 1.807) is 0 Å². The number of pyridine rings is 1. The first kappa shape index (κ1) is 39.8. The van der Waals surface area contributed by atoms with Crippen molar-refractivity contribution in [3.63, 3.8) is 0 Å². The summed E-state index contributed by atoms with van der Waals surface area (Å²) < 4.78 is 108. The van der Waals surface area contributed by atoms with E-state index in [1.807, 2.05) is 24.5 Å². The molecule has 3 atom stereocenters. The number of halogens is 9. The minimum atomic E-state index is -5.08. The van der Waals surface area contributed by atoms with Gasteiger partial charge in [-0.3, -0.25) is 9.88 Å². The first-order chi connectivity index (χ1) is 20.7. The lowest BCUT2D eigenvalue weighted by Gasteiger charge is -2.33. The second-order valence-electron chi connectivity index (χ2n) is 9.70. The van der Waals surface area contributed by atoms with Gasteiger partial charge in [-0.15, -0.1) is 0 Å². The lowest BCUT2D eigenvalue weighted by atomic mass is 10.0. The largest absolute Gasteiger partial charge is 0.490 e. The van der Waals surface area contributed by atoms with Crippen LogP contribution in [0.2, 0.25) is 0 Å². The Bertz CT molecular complexity index is 996. The van der Waals surface area contributed by atoms with E-state index in [1.165, 1.54) is 50.9 Å². The zero-order chi connectivity index (χ0) is 34.4. The van der Waals surface area contributed by atoms with Crippen molar-refractivity contribution in [1.82, 2.24) is 14.8 Å². The maximum absolute atomic E-state index is 10.6. The van der Waals surface area contributed by atoms with Crippen LogP contribution in [-0.4, -0.2) is 124 Å². The molecular weight excluding hydrogens is 641 g/mol. The Hall–Kier alpha value is -3.23. The van der Waals surface area contributed by atoms with Crippen molar-refractivity contribution < 1.29 is 78.7 Å². The molecule has 11 nitrogen and oxygen atoms in total. The van der Waals surface area contributed by atoms with Crippen molar-refractivity contribution in [3.05, 3.63) is 30.1 Å². The van der Waals surface area contributed by atoms with Crippen molar-refractivity contribution in [3.8, 4) is 0 Å². The van der Waals surface area contributed by atoms with Gasteiger partial charge in [-0.1, -0.05) is 0 Å². The smallest absolute Gasteiger partial charge is 0.475 e. The van der Waals surface area contributed by atoms with Crippen molar-refractivity contribution in [2.75, 3.05) is 39.3 Å². The minimum absolute atomic E-state index is 0.196. The molecule has 0 aromatic carbocycles. The van der Waals surface area contributed by atoms with Gasteiger partial charge in [-0.05, 0) is 56.5 Å². The molecule has 3 saturated heterocycles. The van der Waals surface area contributed by atoms with Crippen LogP contribution in [0.25, 0.3) is 0 Å². The molecule has 0 spiro atoms. The Morgan fingerprint density at radius 2 is 1.29 bits per heavy atom. The average molecular weight is 674 g/mol. The summed E-state index contributed by atoms with van der Waals surface area (Å²) in [7, 11) is 0. The highest BCUT2D eigenvalue weighted by Gasteiger charge is 2.44. The van der Waals surface area contributed by atoms with Crippen LogP contribution in [0.15, 0.2) is 24.5 Å². The van der Waals surface area contributed by atoms with Crippen LogP contribution in [0, 0.1) is 0 Å². The molecular formula is C25H32F9N3O8. The molecule has 0 saturated carbocycles. The van der Waals surface area contributed by atoms with Gasteiger partial charge in [0.1, 0.15) is 6.10 Å². The number of carboxylic acids is 3. The third kappa shape index (κ3) is 15.6. The SMILES string of the molecule is O=C(O)C(F)(F)F.O=C(O)C(F)(F)F.O=C(O)C(F)(F)F.c1cc(CO[C@H]2CN(CCN3CCCC3)[C@@H]3CCCO[C@H]23)ccn1. The predicted molar refractivity (Wildman–Crippen MR) is 134 cm³/mol. The summed E-state index contributed by atoms with van der Waals surface area (Å²) in [6.07, 6.45) is -5.98. The van der Waals surface area contributed by atoms with Gasteiger partial charge in [0.2, 0.25) is 0 Å². The van der Waals surface area contributed by atoms with E-state index in [0.717, 1.165) is 19.7 Å². The highest BCUT2D eigenvalue weighted by Crippen LogP contribution is 2.31. The van der Waals surface area contributed by atoms with Crippen LogP contribution >= 0.6 is 0 Å². The van der Waals surface area contributed by atoms with Gasteiger partial charge in [0, 0.05) is 44.7 Å². The number of nitrogens with zero attached hydrogens (tertiary/aromatic N) is 3. The Balaban J connectivity index is 0.000000396. The number of fused-ring (bicyclic) bond motifs is 1. The van der Waals surface area contributed by atoms with Crippen molar-refractivity contribution in [2.45, 2.75) is 69.1 Å². The second kappa shape index (κ2) is 18.1. The van der Waals surface area contributed by atoms with E-state index in [0.29, 0.717) is 12.6 Å². The number of rotatable bonds is 6. The molecule has 3 aliphatic rings. The molecule has 0 unspecified atom stereocenters. The van der Waals surface area contributed by atoms with Crippen LogP contribution in [0.4, 0.5) is 39.5 Å². The topological polar surface area (TPSA) is 150 Å². The number of hydrogen-bond acceptors (Lipinski definition) is 8. The number of aliphatic carboxylic acids is 3. The Morgan fingerprint density at radius 3 is 1.73 bits per heavy atom. The standard InChI is InChI=1S/C19H29N3O2.3C2HF3O2/c1-2-10-21(9-1)11-12-22-14-18(19-17(22)4-3-13-23-19)24-15-16-5-7-20-8-6-16;3*3-2(4,5)1(6)7/h5-8,17-19H,1-4,9-15H2;3*(H,6,7)/t17-,18+,19+;;;/m1.../s1. The normalized spacial score (nSPS) is 22.0. The van der Waals surface area contributed by atoms with Crippen molar-refractivity contribution in [1.29, 1.82) is 0 Å². The Labute approximate surface area is 250 Å². The highest BCUT2D eigenvalue weighted by molar-refractivity contribution is 5.73. The summed E-state index contributed by atoms with van der Waals surface area (Å²) in [5.74, 6) is -8.27. The summed E-state index contributed by atoms with van der Waals surface area (Å²) >= 11 is 0. The van der Waals surface area contributed by atoms with Crippen LogP contribution in [0.1, 0.15) is 31.2 Å². The third-order valence-corrected chi connectivity index (χ3v) is 6.43. The fourth-order valence-corrected chi connectivity index (χ4v) is 4.37. The maximum atomic E-state index is 10.6. The summed E-state index contributed by atoms with van der Waals surface area (Å²) in [6.45, 7) is 7.45. The lowest BCUT2D eigenvalue weighted by molar-refractivity contribution is -0.193. The number of aromatic nitrogens is 1. The van der Waals surface area contributed by atoms with E-state index < -0.39 is 36.4 Å². The van der Waals surface area contributed by atoms with E-state index in [4.69, 9.17) is 39.2 Å². The zero-order valence-electron chi connectivity index (χ0n) is 23.4. The average Bonchev–Trinajstić information content (AvgIpc) is 3.59. The molecule has 0 radical (unpaired) electrons. The number of carbonyl (C=O) groups is 3. The fourth-order valence-electron chi connectivity index (χ4n) is 4.37. The summed E-state index contributed by atoms with van der Waals surface area (Å²) in [5, 5.41) is 21.4. The molecule has 3 aliphatic heterocycles. The second-order valence-corrected chi connectivity index (χ2v) is 9.70. The zero-order valence-corrected chi connectivity index (χ0v) is 23.4. The number of hydrogen-bond donors (Lipinski definition) is 3. The molecule has 3 N–H and O–H groups in total. The van der Waals surface area contributed by atoms with Crippen LogP contribution < -0.4 is 0 Å². The number of alkyl halides is 9. The van der Waals surface area contributed by atoms with Crippen molar-refractivity contribution >= 4 is 17.9 Å². The molecule has 0 bridgehead atoms. The van der Waals surface area contributed by atoms with Gasteiger partial charge < -0.3 is 29.7 Å². The van der Waals surface area contributed by atoms with Crippen molar-refractivity contribution in [2.24, 2.45) is 0 Å². The molecule has 45 heavy (non-hydrogen) atoms. The molecule has 1 aromatic heterocycles. The number of likely N-dealkylation sites (tertiary alicyclic amines) is 2. The summed E-state index contributed by atoms with van der Waals surface area (Å²) in [5.41, 5.74) is 1.19.